The molecule has 3 heteroatoms. The molecule has 15 heavy (non-hydrogen) atoms. The topological polar surface area (TPSA) is 45.1 Å². The number of hydrogen-bond acceptors (Lipinski definition) is 3. The summed E-state index contributed by atoms with van der Waals surface area (Å²) in [6.45, 7) is 3.11. The SMILES string of the molecule is CC(CO)(NCC1CC1)c1cccnc1. The van der Waals surface area contributed by atoms with E-state index < -0.39 is 0 Å². The summed E-state index contributed by atoms with van der Waals surface area (Å²) >= 11 is 0. The number of hydrogen-bond donors (Lipinski definition) is 2. The first-order valence-corrected chi connectivity index (χ1v) is 5.51. The van der Waals surface area contributed by atoms with Gasteiger partial charge in [0.05, 0.1) is 12.1 Å². The molecular formula is C12H18N2O. The zero-order valence-corrected chi connectivity index (χ0v) is 9.11. The van der Waals surface area contributed by atoms with E-state index in [-0.39, 0.29) is 12.1 Å². The number of aliphatic hydroxyl groups excluding tert-OH is 1. The molecule has 1 aromatic heterocycles. The molecule has 0 saturated heterocycles. The summed E-state index contributed by atoms with van der Waals surface area (Å²) in [6.07, 6.45) is 6.21. The summed E-state index contributed by atoms with van der Waals surface area (Å²) in [5, 5.41) is 12.9. The maximum Gasteiger partial charge on any atom is 0.0655 e. The molecule has 0 amide bonds. The normalized spacial score (nSPS) is 19.9. The van der Waals surface area contributed by atoms with Crippen molar-refractivity contribution in [2.75, 3.05) is 13.2 Å². The minimum Gasteiger partial charge on any atom is -0.394 e. The number of aliphatic hydroxyl groups is 1. The summed E-state index contributed by atoms with van der Waals surface area (Å²) < 4.78 is 0. The second-order valence-electron chi connectivity index (χ2n) is 4.56. The highest BCUT2D eigenvalue weighted by Gasteiger charge is 2.29. The van der Waals surface area contributed by atoms with Crippen LogP contribution in [0.2, 0.25) is 0 Å². The van der Waals surface area contributed by atoms with E-state index in [1.54, 1.807) is 6.20 Å². The highest BCUT2D eigenvalue weighted by molar-refractivity contribution is 5.19. The lowest BCUT2D eigenvalue weighted by atomic mass is 9.94. The van der Waals surface area contributed by atoms with Gasteiger partial charge in [-0.1, -0.05) is 6.07 Å². The van der Waals surface area contributed by atoms with Crippen molar-refractivity contribution in [3.05, 3.63) is 30.1 Å². The smallest absolute Gasteiger partial charge is 0.0655 e. The molecule has 1 unspecified atom stereocenters. The van der Waals surface area contributed by atoms with Crippen molar-refractivity contribution < 1.29 is 5.11 Å². The monoisotopic (exact) mass is 206 g/mol. The van der Waals surface area contributed by atoms with Crippen LogP contribution in [0.5, 0.6) is 0 Å². The van der Waals surface area contributed by atoms with E-state index in [1.807, 2.05) is 25.3 Å². The third-order valence-electron chi connectivity index (χ3n) is 3.09. The van der Waals surface area contributed by atoms with Crippen molar-refractivity contribution in [1.82, 2.24) is 10.3 Å². The Morgan fingerprint density at radius 2 is 2.40 bits per heavy atom. The molecule has 82 valence electrons. The van der Waals surface area contributed by atoms with Crippen LogP contribution in [0, 0.1) is 5.92 Å². The van der Waals surface area contributed by atoms with Crippen molar-refractivity contribution >= 4 is 0 Å². The first-order valence-electron chi connectivity index (χ1n) is 5.51. The van der Waals surface area contributed by atoms with Gasteiger partial charge in [0.25, 0.3) is 0 Å². The Morgan fingerprint density at radius 3 is 2.93 bits per heavy atom. The Balaban J connectivity index is 2.05. The molecular weight excluding hydrogens is 188 g/mol. The van der Waals surface area contributed by atoms with E-state index in [0.29, 0.717) is 0 Å². The van der Waals surface area contributed by atoms with Gasteiger partial charge in [-0.15, -0.1) is 0 Å². The van der Waals surface area contributed by atoms with E-state index in [2.05, 4.69) is 10.3 Å². The van der Waals surface area contributed by atoms with Crippen molar-refractivity contribution in [3.8, 4) is 0 Å². The lowest BCUT2D eigenvalue weighted by Crippen LogP contribution is -2.43. The van der Waals surface area contributed by atoms with Crippen LogP contribution in [-0.4, -0.2) is 23.2 Å². The van der Waals surface area contributed by atoms with E-state index in [1.165, 1.54) is 12.8 Å². The van der Waals surface area contributed by atoms with Gasteiger partial charge >= 0.3 is 0 Å². The second kappa shape index (κ2) is 4.29. The minimum absolute atomic E-state index is 0.103. The van der Waals surface area contributed by atoms with Gasteiger partial charge in [-0.05, 0) is 43.9 Å². The number of aromatic nitrogens is 1. The molecule has 1 saturated carbocycles. The molecule has 1 heterocycles. The fraction of sp³-hybridized carbons (Fsp3) is 0.583. The molecule has 0 bridgehead atoms. The quantitative estimate of drug-likeness (QED) is 0.763. The van der Waals surface area contributed by atoms with Crippen molar-refractivity contribution in [1.29, 1.82) is 0 Å². The summed E-state index contributed by atoms with van der Waals surface area (Å²) in [5.74, 6) is 0.813. The van der Waals surface area contributed by atoms with Gasteiger partial charge in [-0.3, -0.25) is 4.98 Å². The Bertz CT molecular complexity index is 311. The molecule has 1 fully saturated rings. The molecule has 1 aliphatic rings. The Labute approximate surface area is 90.5 Å². The predicted molar refractivity (Wildman–Crippen MR) is 59.4 cm³/mol. The second-order valence-corrected chi connectivity index (χ2v) is 4.56. The highest BCUT2D eigenvalue weighted by atomic mass is 16.3. The Hall–Kier alpha value is -0.930. The number of pyridine rings is 1. The fourth-order valence-electron chi connectivity index (χ4n) is 1.63. The van der Waals surface area contributed by atoms with Crippen LogP contribution >= 0.6 is 0 Å². The van der Waals surface area contributed by atoms with Gasteiger partial charge < -0.3 is 10.4 Å². The predicted octanol–water partition coefficient (Wildman–Crippen LogP) is 1.29. The van der Waals surface area contributed by atoms with Crippen LogP contribution in [0.15, 0.2) is 24.5 Å². The molecule has 0 aromatic carbocycles. The van der Waals surface area contributed by atoms with Gasteiger partial charge in [0, 0.05) is 12.4 Å². The standard InChI is InChI=1S/C12H18N2O/c1-12(9-15,14-7-10-4-5-10)11-3-2-6-13-8-11/h2-3,6,8,10,14-15H,4-5,7,9H2,1H3. The molecule has 0 aliphatic heterocycles. The third-order valence-corrected chi connectivity index (χ3v) is 3.09. The number of nitrogens with one attached hydrogen (secondary N) is 1. The maximum atomic E-state index is 9.48. The zero-order chi connectivity index (χ0) is 10.7. The molecule has 1 atom stereocenters. The van der Waals surface area contributed by atoms with E-state index in [0.717, 1.165) is 18.0 Å². The van der Waals surface area contributed by atoms with Crippen LogP contribution in [0.4, 0.5) is 0 Å². The molecule has 1 aromatic rings. The lowest BCUT2D eigenvalue weighted by molar-refractivity contribution is 0.173. The van der Waals surface area contributed by atoms with Crippen molar-refractivity contribution in [3.63, 3.8) is 0 Å². The van der Waals surface area contributed by atoms with Crippen molar-refractivity contribution in [2.45, 2.75) is 25.3 Å². The largest absolute Gasteiger partial charge is 0.394 e. The van der Waals surface area contributed by atoms with Crippen LogP contribution < -0.4 is 5.32 Å². The molecule has 3 nitrogen and oxygen atoms in total. The molecule has 2 N–H and O–H groups in total. The van der Waals surface area contributed by atoms with Crippen molar-refractivity contribution in [2.24, 2.45) is 5.92 Å². The Morgan fingerprint density at radius 1 is 1.60 bits per heavy atom. The lowest BCUT2D eigenvalue weighted by Gasteiger charge is -2.29. The van der Waals surface area contributed by atoms with Crippen LogP contribution in [0.25, 0.3) is 0 Å². The van der Waals surface area contributed by atoms with Gasteiger partial charge in [0.15, 0.2) is 0 Å². The van der Waals surface area contributed by atoms with Crippen LogP contribution in [0.1, 0.15) is 25.3 Å². The average Bonchev–Trinajstić information content (AvgIpc) is 3.11. The summed E-state index contributed by atoms with van der Waals surface area (Å²) in [4.78, 5) is 4.09. The summed E-state index contributed by atoms with van der Waals surface area (Å²) in [5.41, 5.74) is 0.699. The number of nitrogens with zero attached hydrogens (tertiary/aromatic N) is 1. The maximum absolute atomic E-state index is 9.48. The first-order chi connectivity index (χ1) is 7.24. The zero-order valence-electron chi connectivity index (χ0n) is 9.11. The van der Waals surface area contributed by atoms with Gasteiger partial charge in [-0.25, -0.2) is 0 Å². The van der Waals surface area contributed by atoms with Gasteiger partial charge in [-0.2, -0.15) is 0 Å². The highest BCUT2D eigenvalue weighted by Crippen LogP contribution is 2.29. The third kappa shape index (κ3) is 2.55. The van der Waals surface area contributed by atoms with Gasteiger partial charge in [0.2, 0.25) is 0 Å². The first kappa shape index (κ1) is 10.6. The fourth-order valence-corrected chi connectivity index (χ4v) is 1.63. The molecule has 0 radical (unpaired) electrons. The van der Waals surface area contributed by atoms with E-state index >= 15 is 0 Å². The molecule has 2 rings (SSSR count). The summed E-state index contributed by atoms with van der Waals surface area (Å²) in [7, 11) is 0. The minimum atomic E-state index is -0.350. The van der Waals surface area contributed by atoms with E-state index in [9.17, 15) is 5.11 Å². The Kier molecular flexibility index (Phi) is 3.03. The van der Waals surface area contributed by atoms with Crippen LogP contribution in [-0.2, 0) is 5.54 Å². The average molecular weight is 206 g/mol. The molecule has 0 spiro atoms. The summed E-state index contributed by atoms with van der Waals surface area (Å²) in [6, 6.07) is 3.91. The van der Waals surface area contributed by atoms with Crippen LogP contribution in [0.3, 0.4) is 0 Å². The molecule has 1 aliphatic carbocycles. The van der Waals surface area contributed by atoms with Gasteiger partial charge in [0.1, 0.15) is 0 Å². The van der Waals surface area contributed by atoms with E-state index in [4.69, 9.17) is 0 Å². The number of rotatable bonds is 5.